The highest BCUT2D eigenvalue weighted by atomic mass is 15.3. The van der Waals surface area contributed by atoms with Crippen molar-refractivity contribution in [3.63, 3.8) is 0 Å². The fraction of sp³-hybridized carbons (Fsp3) is 0.0157. The summed E-state index contributed by atoms with van der Waals surface area (Å²) in [5.74, 6) is 5.32. The van der Waals surface area contributed by atoms with Crippen LogP contribution in [-0.2, 0) is 5.54 Å². The molecule has 648 valence electrons. The Hall–Kier alpha value is -18.7. The molecule has 0 N–H and O–H groups in total. The molecule has 2 aliphatic heterocycles. The standard InChI is InChI=1S/C127H80N12/c1-7-25-91-67-97(51-37-80(91)19-1)118-130-119(98-52-38-81-20-2-8-26-92(81)68-98)134-124(133-118)103-59-63-116(128-76-103)89-47-43-86(44-48-89)110-31-13-16-34-113(110)106-73-107(114-35-17-14-32-111(114)87-45-49-90(50-46-87)117-64-60-104(77-129-117)125-135-120(99-53-39-82-21-3-9-27-93(82)69-99)131-121(136-125)100-54-40-83-22-4-10-28-94(83)70-100)75-108(74-106)115-36-18-15-33-112(115)88-57-61-109(62-58-88)127-66-65-105(78-139(127)79-127)126-137-122(101-55-41-84-23-5-11-29-95(84)71-101)132-123(138-126)102-56-42-85-24-6-12-30-96(85)72-102/h1-78H,79H2. The molecule has 0 radical (unpaired) electrons. The third-order valence-electron chi connectivity index (χ3n) is 27.2. The van der Waals surface area contributed by atoms with E-state index in [2.05, 4.69) is 466 Å². The molecule has 12 nitrogen and oxygen atoms in total. The predicted octanol–water partition coefficient (Wildman–Crippen LogP) is 30.7. The first-order valence-corrected chi connectivity index (χ1v) is 46.8. The minimum absolute atomic E-state index is 0.326. The van der Waals surface area contributed by atoms with E-state index in [0.717, 1.165) is 211 Å². The average molecular weight is 1770 g/mol. The summed E-state index contributed by atoms with van der Waals surface area (Å²) in [6, 6.07) is 157. The lowest BCUT2D eigenvalue weighted by Crippen LogP contribution is -2.14. The van der Waals surface area contributed by atoms with Crippen molar-refractivity contribution in [2.24, 2.45) is 0 Å². The fourth-order valence-corrected chi connectivity index (χ4v) is 19.7. The Morgan fingerprint density at radius 3 is 0.669 bits per heavy atom. The summed E-state index contributed by atoms with van der Waals surface area (Å²) in [4.78, 5) is 59.2. The summed E-state index contributed by atoms with van der Waals surface area (Å²) in [6.07, 6.45) is 10.5. The van der Waals surface area contributed by atoms with Crippen molar-refractivity contribution in [2.45, 2.75) is 5.54 Å². The second-order valence-electron chi connectivity index (χ2n) is 35.8. The van der Waals surface area contributed by atoms with Crippen molar-refractivity contribution in [3.05, 3.63) is 485 Å². The van der Waals surface area contributed by atoms with Crippen molar-refractivity contribution in [3.8, 4) is 180 Å². The Bertz CT molecular complexity index is 8460. The van der Waals surface area contributed by atoms with Crippen LogP contribution < -0.4 is 0 Å². The summed E-state index contributed by atoms with van der Waals surface area (Å²) >= 11 is 0. The predicted molar refractivity (Wildman–Crippen MR) is 566 cm³/mol. The van der Waals surface area contributed by atoms with Gasteiger partial charge in [0.25, 0.3) is 0 Å². The van der Waals surface area contributed by atoms with Gasteiger partial charge in [0.15, 0.2) is 52.4 Å². The number of nitrogens with zero attached hydrogens (tertiary/aromatic N) is 12. The molecular weight excluding hydrogens is 1690 g/mol. The van der Waals surface area contributed by atoms with Crippen LogP contribution in [0.4, 0.5) is 0 Å². The van der Waals surface area contributed by atoms with Gasteiger partial charge in [0.2, 0.25) is 0 Å². The monoisotopic (exact) mass is 1770 g/mol. The van der Waals surface area contributed by atoms with E-state index < -0.39 is 0 Å². The maximum atomic E-state index is 5.24. The van der Waals surface area contributed by atoms with Crippen molar-refractivity contribution in [2.75, 3.05) is 6.54 Å². The third kappa shape index (κ3) is 15.5. The van der Waals surface area contributed by atoms with Crippen LogP contribution in [0.3, 0.4) is 0 Å². The zero-order chi connectivity index (χ0) is 91.9. The second-order valence-corrected chi connectivity index (χ2v) is 35.8. The topological polar surface area (TPSA) is 145 Å². The summed E-state index contributed by atoms with van der Waals surface area (Å²) < 4.78 is 0. The highest BCUT2D eigenvalue weighted by Crippen LogP contribution is 2.51. The van der Waals surface area contributed by atoms with Crippen LogP contribution in [0.5, 0.6) is 0 Å². The molecule has 26 rings (SSSR count). The van der Waals surface area contributed by atoms with Gasteiger partial charge in [-0.05, 0) is 216 Å². The molecule has 1 fully saturated rings. The lowest BCUT2D eigenvalue weighted by atomic mass is 9.86. The fourth-order valence-electron chi connectivity index (χ4n) is 19.7. The van der Waals surface area contributed by atoms with E-state index in [4.69, 9.17) is 54.8 Å². The van der Waals surface area contributed by atoms with E-state index in [1.165, 1.54) is 5.56 Å². The normalized spacial score (nSPS) is 13.3. The van der Waals surface area contributed by atoms with Crippen molar-refractivity contribution in [1.29, 1.82) is 0 Å². The van der Waals surface area contributed by atoms with E-state index in [1.54, 1.807) is 0 Å². The number of hydrogen-bond acceptors (Lipinski definition) is 12. The highest BCUT2D eigenvalue weighted by molar-refractivity contribution is 5.98. The molecule has 5 aromatic heterocycles. The molecule has 1 saturated heterocycles. The van der Waals surface area contributed by atoms with Gasteiger partial charge in [0.05, 0.1) is 11.4 Å². The molecule has 1 unspecified atom stereocenters. The van der Waals surface area contributed by atoms with Crippen LogP contribution in [0.1, 0.15) is 11.4 Å². The SMILES string of the molecule is C1=CC2(c3ccc(-c4ccccc4-c4cc(-c5ccccc5-c5ccc(-c6ccc(-c7nc(-c8ccc9ccccc9c8)nc(-c8ccc9ccccc9c8)n7)cn6)cc5)cc(-c5ccccc5-c5ccc(-c6ccc(-c7nc(-c8ccc9ccccc9c8)nc(-c8ccc9ccccc9c8)n7)cn6)cc5)c4)cc3)CN2C=C1c1nc(-c2ccc3ccccc3c2)nc(-c2ccc3ccccc3c2)n1. The van der Waals surface area contributed by atoms with Gasteiger partial charge >= 0.3 is 0 Å². The van der Waals surface area contributed by atoms with Crippen molar-refractivity contribution >= 4 is 70.2 Å². The van der Waals surface area contributed by atoms with Gasteiger partial charge in [-0.15, -0.1) is 0 Å². The third-order valence-corrected chi connectivity index (χ3v) is 27.2. The van der Waals surface area contributed by atoms with Gasteiger partial charge < -0.3 is 4.90 Å². The first-order valence-electron chi connectivity index (χ1n) is 46.8. The van der Waals surface area contributed by atoms with Gasteiger partial charge in [0, 0.05) is 86.3 Å². The molecule has 0 bridgehead atoms. The molecule has 1 atom stereocenters. The zero-order valence-electron chi connectivity index (χ0n) is 75.1. The maximum absolute atomic E-state index is 5.24. The van der Waals surface area contributed by atoms with E-state index >= 15 is 0 Å². The quantitative estimate of drug-likeness (QED) is 0.0754. The minimum atomic E-state index is -0.326. The molecular formula is C127H80N12. The van der Waals surface area contributed by atoms with Gasteiger partial charge in [-0.2, -0.15) is 0 Å². The zero-order valence-corrected chi connectivity index (χ0v) is 75.1. The maximum Gasteiger partial charge on any atom is 0.165 e. The van der Waals surface area contributed by atoms with E-state index in [9.17, 15) is 0 Å². The summed E-state index contributed by atoms with van der Waals surface area (Å²) in [7, 11) is 0. The number of pyridine rings is 2. The highest BCUT2D eigenvalue weighted by Gasteiger charge is 2.51. The van der Waals surface area contributed by atoms with Crippen molar-refractivity contribution < 1.29 is 0 Å². The molecule has 12 heteroatoms. The van der Waals surface area contributed by atoms with Crippen LogP contribution in [0.25, 0.3) is 251 Å². The summed E-state index contributed by atoms with van der Waals surface area (Å²) in [5.41, 5.74) is 25.5. The van der Waals surface area contributed by atoms with E-state index in [1.807, 2.05) is 12.4 Å². The summed E-state index contributed by atoms with van der Waals surface area (Å²) in [5, 5.41) is 13.6. The molecule has 7 heterocycles. The van der Waals surface area contributed by atoms with Gasteiger partial charge in [-0.25, -0.2) is 44.9 Å². The lowest BCUT2D eigenvalue weighted by Gasteiger charge is -2.19. The summed E-state index contributed by atoms with van der Waals surface area (Å²) in [6.45, 7) is 0.814. The number of benzene rings is 19. The van der Waals surface area contributed by atoms with Crippen molar-refractivity contribution in [1.82, 2.24) is 59.7 Å². The molecule has 0 amide bonds. The Morgan fingerprint density at radius 1 is 0.180 bits per heavy atom. The molecule has 139 heavy (non-hydrogen) atoms. The van der Waals surface area contributed by atoms with Gasteiger partial charge in [-0.1, -0.05) is 376 Å². The number of fused-ring (bicyclic) bond motifs is 7. The lowest BCUT2D eigenvalue weighted by molar-refractivity contribution is 0.600. The molecule has 0 spiro atoms. The first kappa shape index (κ1) is 81.1. The van der Waals surface area contributed by atoms with Crippen LogP contribution in [-0.4, -0.2) is 66.3 Å². The largest absolute Gasteiger partial charge is 0.359 e. The molecule has 24 aromatic rings. The van der Waals surface area contributed by atoms with Gasteiger partial charge in [-0.3, -0.25) is 9.97 Å². The smallest absolute Gasteiger partial charge is 0.165 e. The number of hydrogen-bond donors (Lipinski definition) is 0. The Labute approximate surface area is 801 Å². The second kappa shape index (κ2) is 34.1. The van der Waals surface area contributed by atoms with Crippen LogP contribution in [0.15, 0.2) is 474 Å². The van der Waals surface area contributed by atoms with Crippen LogP contribution in [0, 0.1) is 0 Å². The Morgan fingerprint density at radius 2 is 0.403 bits per heavy atom. The minimum Gasteiger partial charge on any atom is -0.359 e. The molecule has 0 aliphatic carbocycles. The molecule has 0 saturated carbocycles. The molecule has 2 aliphatic rings. The number of allylic oxidation sites excluding steroid dienone is 2. The van der Waals surface area contributed by atoms with Crippen LogP contribution in [0.2, 0.25) is 0 Å². The van der Waals surface area contributed by atoms with E-state index in [-0.39, 0.29) is 5.54 Å². The molecule has 19 aromatic carbocycles. The van der Waals surface area contributed by atoms with E-state index in [0.29, 0.717) is 52.4 Å². The first-order chi connectivity index (χ1) is 68.7. The van der Waals surface area contributed by atoms with Crippen LogP contribution >= 0.6 is 0 Å². The Kier molecular flexibility index (Phi) is 19.9. The Balaban J connectivity index is 0.531. The number of aromatic nitrogens is 11. The van der Waals surface area contributed by atoms with Gasteiger partial charge in [0.1, 0.15) is 5.54 Å². The number of rotatable bonds is 18. The average Bonchev–Trinajstić information content (AvgIpc) is 1.55.